The van der Waals surface area contributed by atoms with E-state index in [1.165, 1.54) is 24.3 Å². The fourth-order valence-electron chi connectivity index (χ4n) is 3.35. The first kappa shape index (κ1) is 18.7. The minimum Gasteiger partial charge on any atom is -0.385 e. The Labute approximate surface area is 167 Å². The Morgan fingerprint density at radius 3 is 2.38 bits per heavy atom. The molecule has 0 aliphatic carbocycles. The second-order valence-electron chi connectivity index (χ2n) is 6.68. The Morgan fingerprint density at radius 2 is 1.69 bits per heavy atom. The van der Waals surface area contributed by atoms with Crippen LogP contribution in [0.5, 0.6) is 0 Å². The summed E-state index contributed by atoms with van der Waals surface area (Å²) in [6.45, 7) is 2.83. The summed E-state index contributed by atoms with van der Waals surface area (Å²) in [5.41, 5.74) is 4.03. The van der Waals surface area contributed by atoms with Gasteiger partial charge >= 0.3 is 0 Å². The van der Waals surface area contributed by atoms with Crippen LogP contribution in [0, 0.1) is 11.6 Å². The summed E-state index contributed by atoms with van der Waals surface area (Å²) in [7, 11) is 0. The van der Waals surface area contributed by atoms with Gasteiger partial charge in [-0.15, -0.1) is 0 Å². The highest BCUT2D eigenvalue weighted by Crippen LogP contribution is 2.30. The third kappa shape index (κ3) is 3.72. The lowest BCUT2D eigenvalue weighted by Gasteiger charge is -2.10. The van der Waals surface area contributed by atoms with Gasteiger partial charge in [-0.1, -0.05) is 24.3 Å². The van der Waals surface area contributed by atoms with E-state index < -0.39 is 5.82 Å². The lowest BCUT2D eigenvalue weighted by Crippen LogP contribution is -1.96. The summed E-state index contributed by atoms with van der Waals surface area (Å²) < 4.78 is 28.4. The van der Waals surface area contributed by atoms with Crippen LogP contribution in [0.2, 0.25) is 0 Å². The fourth-order valence-corrected chi connectivity index (χ4v) is 3.35. The van der Waals surface area contributed by atoms with Crippen molar-refractivity contribution in [3.8, 4) is 22.4 Å². The van der Waals surface area contributed by atoms with E-state index in [0.29, 0.717) is 39.6 Å². The van der Waals surface area contributed by atoms with Crippen molar-refractivity contribution in [2.24, 2.45) is 0 Å². The molecule has 0 saturated carbocycles. The molecule has 0 bridgehead atoms. The molecule has 29 heavy (non-hydrogen) atoms. The highest BCUT2D eigenvalue weighted by atomic mass is 19.1. The van der Waals surface area contributed by atoms with Crippen molar-refractivity contribution in [1.82, 2.24) is 4.98 Å². The minimum absolute atomic E-state index is 0.313. The maximum Gasteiger partial charge on any atom is 0.150 e. The Balaban J connectivity index is 1.74. The summed E-state index contributed by atoms with van der Waals surface area (Å²) >= 11 is 0. The summed E-state index contributed by atoms with van der Waals surface area (Å²) in [4.78, 5) is 15.9. The second-order valence-corrected chi connectivity index (χ2v) is 6.68. The van der Waals surface area contributed by atoms with Crippen molar-refractivity contribution in [3.05, 3.63) is 83.9 Å². The Hall–Kier alpha value is -3.60. The molecule has 0 aliphatic rings. The number of carbonyl (C=O) groups is 1. The minimum atomic E-state index is -0.439. The smallest absolute Gasteiger partial charge is 0.150 e. The Morgan fingerprint density at radius 1 is 0.931 bits per heavy atom. The molecule has 0 aliphatic heterocycles. The molecule has 1 heterocycles. The van der Waals surface area contributed by atoms with Crippen LogP contribution in [0.15, 0.2) is 66.7 Å². The van der Waals surface area contributed by atoms with Gasteiger partial charge in [0.25, 0.3) is 0 Å². The fraction of sp³-hybridized carbons (Fsp3) is 0.0833. The van der Waals surface area contributed by atoms with E-state index in [1.54, 1.807) is 18.2 Å². The molecule has 5 heteroatoms. The highest BCUT2D eigenvalue weighted by Gasteiger charge is 2.12. The molecule has 0 unspecified atom stereocenters. The molecule has 1 N–H and O–H groups in total. The monoisotopic (exact) mass is 388 g/mol. The molecule has 0 atom stereocenters. The average molecular weight is 388 g/mol. The van der Waals surface area contributed by atoms with Crippen molar-refractivity contribution >= 4 is 22.9 Å². The van der Waals surface area contributed by atoms with E-state index in [1.807, 2.05) is 31.2 Å². The largest absolute Gasteiger partial charge is 0.385 e. The summed E-state index contributed by atoms with van der Waals surface area (Å²) in [5, 5.41) is 3.64. The quantitative estimate of drug-likeness (QED) is 0.421. The number of hydrogen-bond acceptors (Lipinski definition) is 3. The molecule has 3 aromatic carbocycles. The lowest BCUT2D eigenvalue weighted by molar-refractivity contribution is 0.112. The normalized spacial score (nSPS) is 10.9. The van der Waals surface area contributed by atoms with Gasteiger partial charge < -0.3 is 5.32 Å². The van der Waals surface area contributed by atoms with Crippen molar-refractivity contribution in [2.75, 3.05) is 11.9 Å². The molecule has 1 aromatic heterocycles. The van der Waals surface area contributed by atoms with Gasteiger partial charge in [-0.05, 0) is 55.0 Å². The van der Waals surface area contributed by atoms with Gasteiger partial charge in [0.1, 0.15) is 11.6 Å². The number of hydrogen-bond donors (Lipinski definition) is 1. The van der Waals surface area contributed by atoms with Gasteiger partial charge in [-0.2, -0.15) is 0 Å². The van der Waals surface area contributed by atoms with Gasteiger partial charge in [0.2, 0.25) is 0 Å². The van der Waals surface area contributed by atoms with Crippen LogP contribution < -0.4 is 5.32 Å². The summed E-state index contributed by atoms with van der Waals surface area (Å²) in [6.07, 6.45) is 0.656. The lowest BCUT2D eigenvalue weighted by atomic mass is 10.00. The topological polar surface area (TPSA) is 42.0 Å². The first-order valence-corrected chi connectivity index (χ1v) is 9.29. The van der Waals surface area contributed by atoms with E-state index in [2.05, 4.69) is 10.3 Å². The molecule has 0 fully saturated rings. The number of fused-ring (bicyclic) bond motifs is 1. The zero-order valence-corrected chi connectivity index (χ0v) is 15.7. The Bertz CT molecular complexity index is 1200. The number of pyridine rings is 1. The van der Waals surface area contributed by atoms with E-state index in [4.69, 9.17) is 0 Å². The van der Waals surface area contributed by atoms with Gasteiger partial charge in [-0.3, -0.25) is 4.79 Å². The van der Waals surface area contributed by atoms with Crippen molar-refractivity contribution < 1.29 is 13.6 Å². The number of aldehydes is 1. The van der Waals surface area contributed by atoms with Gasteiger partial charge in [0.15, 0.2) is 6.29 Å². The first-order valence-electron chi connectivity index (χ1n) is 9.29. The van der Waals surface area contributed by atoms with E-state index in [0.717, 1.165) is 17.8 Å². The summed E-state index contributed by atoms with van der Waals surface area (Å²) in [5.74, 6) is -0.821. The average Bonchev–Trinajstić information content (AvgIpc) is 2.74. The van der Waals surface area contributed by atoms with Crippen molar-refractivity contribution in [2.45, 2.75) is 6.92 Å². The van der Waals surface area contributed by atoms with Crippen LogP contribution in [0.25, 0.3) is 33.3 Å². The number of anilines is 1. The number of aromatic nitrogens is 1. The SMILES string of the molecule is CCNc1ccc(-c2ccc(-c3cc(C=O)c4cc(F)ccc4n3)cc2F)cc1. The number of rotatable bonds is 5. The molecule has 3 nitrogen and oxygen atoms in total. The van der Waals surface area contributed by atoms with Crippen LogP contribution in [-0.2, 0) is 0 Å². The maximum absolute atomic E-state index is 14.9. The first-order chi connectivity index (χ1) is 14.1. The predicted octanol–water partition coefficient (Wildman–Crippen LogP) is 6.09. The van der Waals surface area contributed by atoms with Gasteiger partial charge in [-0.25, -0.2) is 13.8 Å². The third-order valence-corrected chi connectivity index (χ3v) is 4.77. The van der Waals surface area contributed by atoms with Crippen LogP contribution in [0.3, 0.4) is 0 Å². The van der Waals surface area contributed by atoms with Crippen LogP contribution in [0.1, 0.15) is 17.3 Å². The van der Waals surface area contributed by atoms with Gasteiger partial charge in [0, 0.05) is 34.3 Å². The molecular weight excluding hydrogens is 370 g/mol. The third-order valence-electron chi connectivity index (χ3n) is 4.77. The van der Waals surface area contributed by atoms with E-state index in [-0.39, 0.29) is 5.82 Å². The van der Waals surface area contributed by atoms with E-state index in [9.17, 15) is 13.6 Å². The zero-order valence-electron chi connectivity index (χ0n) is 15.7. The van der Waals surface area contributed by atoms with Crippen molar-refractivity contribution in [3.63, 3.8) is 0 Å². The number of nitrogens with zero attached hydrogens (tertiary/aromatic N) is 1. The number of carbonyl (C=O) groups excluding carboxylic acids is 1. The number of benzene rings is 3. The van der Waals surface area contributed by atoms with Crippen molar-refractivity contribution in [1.29, 1.82) is 0 Å². The molecule has 0 amide bonds. The number of nitrogens with one attached hydrogen (secondary N) is 1. The summed E-state index contributed by atoms with van der Waals surface area (Å²) in [6, 6.07) is 18.0. The molecule has 4 aromatic rings. The maximum atomic E-state index is 14.9. The number of halogens is 2. The van der Waals surface area contributed by atoms with Crippen LogP contribution in [0.4, 0.5) is 14.5 Å². The molecule has 144 valence electrons. The highest BCUT2D eigenvalue weighted by molar-refractivity contribution is 5.98. The molecule has 0 radical (unpaired) electrons. The van der Waals surface area contributed by atoms with Crippen LogP contribution >= 0.6 is 0 Å². The molecule has 0 spiro atoms. The predicted molar refractivity (Wildman–Crippen MR) is 112 cm³/mol. The zero-order chi connectivity index (χ0) is 20.4. The van der Waals surface area contributed by atoms with Crippen LogP contribution in [-0.4, -0.2) is 17.8 Å². The molecular formula is C24H18F2N2O. The second kappa shape index (κ2) is 7.80. The Kier molecular flexibility index (Phi) is 5.04. The van der Waals surface area contributed by atoms with E-state index >= 15 is 0 Å². The molecule has 4 rings (SSSR count). The standard InChI is InChI=1S/C24H18F2N2O/c1-2-27-19-7-3-15(4-8-19)20-9-5-16(11-22(20)26)24-12-17(14-29)21-13-18(25)6-10-23(21)28-24/h3-14,27H,2H2,1H3. The molecule has 0 saturated heterocycles. The van der Waals surface area contributed by atoms with Gasteiger partial charge in [0.05, 0.1) is 11.2 Å².